The molecule has 0 saturated heterocycles. The van der Waals surface area contributed by atoms with Crippen molar-refractivity contribution in [3.8, 4) is 11.3 Å². The molecule has 1 aliphatic carbocycles. The van der Waals surface area contributed by atoms with Crippen molar-refractivity contribution in [1.29, 1.82) is 0 Å². The van der Waals surface area contributed by atoms with Crippen LogP contribution in [0.2, 0.25) is 0 Å². The second kappa shape index (κ2) is 3.50. The Morgan fingerprint density at radius 3 is 3.06 bits per heavy atom. The van der Waals surface area contributed by atoms with Gasteiger partial charge in [-0.2, -0.15) is 0 Å². The van der Waals surface area contributed by atoms with Crippen LogP contribution in [0.4, 0.5) is 0 Å². The average Bonchev–Trinajstić information content (AvgIpc) is 2.75. The zero-order valence-electron chi connectivity index (χ0n) is 8.16. The van der Waals surface area contributed by atoms with Gasteiger partial charge in [0.25, 0.3) is 0 Å². The van der Waals surface area contributed by atoms with E-state index in [4.69, 9.17) is 0 Å². The summed E-state index contributed by atoms with van der Waals surface area (Å²) in [5.41, 5.74) is 2.52. The van der Waals surface area contributed by atoms with Crippen molar-refractivity contribution in [3.05, 3.63) is 44.4 Å². The van der Waals surface area contributed by atoms with Crippen LogP contribution in [0.3, 0.4) is 0 Å². The molecule has 0 N–H and O–H groups in total. The Labute approximate surface area is 97.3 Å². The molecule has 0 bridgehead atoms. The maximum atomic E-state index is 11.0. The van der Waals surface area contributed by atoms with Crippen molar-refractivity contribution in [2.75, 3.05) is 0 Å². The molecule has 1 aromatic heterocycles. The monoisotopic (exact) mass is 281 g/mol. The van der Waals surface area contributed by atoms with Crippen molar-refractivity contribution in [1.82, 2.24) is 9.19 Å². The molecule has 1 atom stereocenters. The fraction of sp³-hybridized carbons (Fsp3) is 0.200. The Balaban J connectivity index is 2.25. The first-order valence-electron chi connectivity index (χ1n) is 4.81. The Hall–Kier alpha value is -1.52. The fourth-order valence-electron chi connectivity index (χ4n) is 2.02. The first-order chi connectivity index (χ1) is 7.77. The third-order valence-electron chi connectivity index (χ3n) is 2.76. The molecule has 1 heterocycles. The Bertz CT molecular complexity index is 567. The molecule has 0 spiro atoms. The summed E-state index contributed by atoms with van der Waals surface area (Å²) in [6, 6.07) is 6.79. The molecular formula is C10H7N3O2Se. The van der Waals surface area contributed by atoms with Crippen LogP contribution in [0.15, 0.2) is 24.3 Å². The van der Waals surface area contributed by atoms with Crippen LogP contribution >= 0.6 is 0 Å². The van der Waals surface area contributed by atoms with Crippen LogP contribution < -0.4 is 0 Å². The van der Waals surface area contributed by atoms with E-state index in [2.05, 4.69) is 9.19 Å². The topological polar surface area (TPSA) is 68.9 Å². The van der Waals surface area contributed by atoms with Crippen molar-refractivity contribution in [3.63, 3.8) is 0 Å². The molecule has 5 nitrogen and oxygen atoms in total. The van der Waals surface area contributed by atoms with Gasteiger partial charge in [0.2, 0.25) is 0 Å². The molecule has 2 aromatic rings. The second-order valence-corrected chi connectivity index (χ2v) is 5.40. The van der Waals surface area contributed by atoms with Gasteiger partial charge in [0.1, 0.15) is 0 Å². The summed E-state index contributed by atoms with van der Waals surface area (Å²) in [4.78, 5) is 10.8. The third kappa shape index (κ3) is 1.31. The van der Waals surface area contributed by atoms with E-state index >= 15 is 0 Å². The summed E-state index contributed by atoms with van der Waals surface area (Å²) in [6.07, 6.45) is 0.465. The Kier molecular flexibility index (Phi) is 2.12. The van der Waals surface area contributed by atoms with Gasteiger partial charge < -0.3 is 0 Å². The molecular weight excluding hydrogens is 273 g/mol. The molecule has 0 radical (unpaired) electrons. The summed E-state index contributed by atoms with van der Waals surface area (Å²) >= 11 is -0.0445. The first kappa shape index (κ1) is 9.69. The van der Waals surface area contributed by atoms with E-state index in [-0.39, 0.29) is 19.7 Å². The van der Waals surface area contributed by atoms with Gasteiger partial charge in [0.05, 0.1) is 0 Å². The van der Waals surface area contributed by atoms with Crippen LogP contribution in [0.25, 0.3) is 11.3 Å². The van der Waals surface area contributed by atoms with Gasteiger partial charge in [-0.05, 0) is 0 Å². The van der Waals surface area contributed by atoms with E-state index in [1.54, 1.807) is 0 Å². The average molecular weight is 280 g/mol. The summed E-state index contributed by atoms with van der Waals surface area (Å²) in [5, 5.41) is 15.1. The van der Waals surface area contributed by atoms with Crippen LogP contribution in [-0.2, 0) is 6.42 Å². The molecule has 1 unspecified atom stereocenters. The molecule has 0 aliphatic heterocycles. The molecule has 3 rings (SSSR count). The summed E-state index contributed by atoms with van der Waals surface area (Å²) in [6.45, 7) is 0. The van der Waals surface area contributed by atoms with Crippen molar-refractivity contribution >= 4 is 14.7 Å². The van der Waals surface area contributed by atoms with Crippen LogP contribution in [0.5, 0.6) is 0 Å². The number of hydrogen-bond donors (Lipinski definition) is 0. The number of rotatable bonds is 1. The van der Waals surface area contributed by atoms with Crippen LogP contribution in [-0.4, -0.2) is 28.8 Å². The molecule has 1 aliphatic rings. The maximum absolute atomic E-state index is 11.0. The minimum atomic E-state index is -0.625. The zero-order chi connectivity index (χ0) is 11.1. The second-order valence-electron chi connectivity index (χ2n) is 3.64. The van der Waals surface area contributed by atoms with Crippen molar-refractivity contribution in [2.24, 2.45) is 0 Å². The van der Waals surface area contributed by atoms with E-state index in [9.17, 15) is 10.1 Å². The predicted molar refractivity (Wildman–Crippen MR) is 57.8 cm³/mol. The van der Waals surface area contributed by atoms with E-state index in [1.165, 1.54) is 0 Å². The number of aromatic nitrogens is 2. The van der Waals surface area contributed by atoms with E-state index < -0.39 is 6.04 Å². The molecule has 0 saturated carbocycles. The van der Waals surface area contributed by atoms with Gasteiger partial charge in [0.15, 0.2) is 0 Å². The molecule has 80 valence electrons. The Morgan fingerprint density at radius 1 is 1.44 bits per heavy atom. The Morgan fingerprint density at radius 2 is 2.25 bits per heavy atom. The number of nitro groups is 1. The van der Waals surface area contributed by atoms with E-state index in [0.29, 0.717) is 6.42 Å². The minimum absolute atomic E-state index is 0.0445. The molecule has 1 aromatic carbocycles. The molecule has 0 amide bonds. The standard InChI is InChI=1S/C10H7N3O2Se/c14-13(15)8-5-9-10(11-12-16-9)7-4-2-1-3-6(7)8/h1-4,8H,5H2. The number of fused-ring (bicyclic) bond motifs is 3. The van der Waals surface area contributed by atoms with E-state index in [0.717, 1.165) is 21.3 Å². The predicted octanol–water partition coefficient (Wildman–Crippen LogP) is 1.07. The van der Waals surface area contributed by atoms with Gasteiger partial charge in [-0.3, -0.25) is 0 Å². The third-order valence-corrected chi connectivity index (χ3v) is 4.32. The summed E-state index contributed by atoms with van der Waals surface area (Å²) in [7, 11) is 0. The fourth-order valence-corrected chi connectivity index (χ4v) is 3.47. The van der Waals surface area contributed by atoms with Gasteiger partial charge in [0, 0.05) is 0 Å². The van der Waals surface area contributed by atoms with Gasteiger partial charge >= 0.3 is 96.9 Å². The van der Waals surface area contributed by atoms with Crippen molar-refractivity contribution in [2.45, 2.75) is 12.5 Å². The molecule has 16 heavy (non-hydrogen) atoms. The summed E-state index contributed by atoms with van der Waals surface area (Å²) in [5.74, 6) is 0. The normalized spacial score (nSPS) is 17.6. The van der Waals surface area contributed by atoms with Gasteiger partial charge in [-0.25, -0.2) is 0 Å². The molecule has 0 fully saturated rings. The number of benzene rings is 1. The number of hydrogen-bond acceptors (Lipinski definition) is 4. The first-order valence-corrected chi connectivity index (χ1v) is 6.43. The summed E-state index contributed by atoms with van der Waals surface area (Å²) < 4.78 is 5.06. The van der Waals surface area contributed by atoms with E-state index in [1.807, 2.05) is 24.3 Å². The van der Waals surface area contributed by atoms with Gasteiger partial charge in [-0.15, -0.1) is 0 Å². The quantitative estimate of drug-likeness (QED) is 0.445. The zero-order valence-corrected chi connectivity index (χ0v) is 9.87. The van der Waals surface area contributed by atoms with Crippen LogP contribution in [0.1, 0.15) is 16.0 Å². The van der Waals surface area contributed by atoms with Crippen molar-refractivity contribution < 1.29 is 4.92 Å². The molecule has 6 heteroatoms. The van der Waals surface area contributed by atoms with Gasteiger partial charge in [-0.1, -0.05) is 0 Å². The SMILES string of the molecule is O=[N+]([O-])C1Cc2[se]nnc2-c2ccccc21. The van der Waals surface area contributed by atoms with Crippen LogP contribution in [0, 0.1) is 10.1 Å². The number of nitrogens with zero attached hydrogens (tertiary/aromatic N) is 3.